The summed E-state index contributed by atoms with van der Waals surface area (Å²) in [7, 11) is 1.71. The highest BCUT2D eigenvalue weighted by atomic mass is 35.5. The lowest BCUT2D eigenvalue weighted by atomic mass is 9.83. The number of hydrogen-bond acceptors (Lipinski definition) is 3. The van der Waals surface area contributed by atoms with Crippen molar-refractivity contribution in [2.24, 2.45) is 0 Å². The molecule has 1 saturated heterocycles. The van der Waals surface area contributed by atoms with Crippen LogP contribution in [-0.2, 0) is 0 Å². The summed E-state index contributed by atoms with van der Waals surface area (Å²) in [6, 6.07) is 32.3. The van der Waals surface area contributed by atoms with E-state index in [9.17, 15) is 0 Å². The Morgan fingerprint density at radius 1 is 0.706 bits per heavy atom. The largest absolute Gasteiger partial charge is 0.497 e. The van der Waals surface area contributed by atoms with Gasteiger partial charge in [-0.05, 0) is 71.5 Å². The van der Waals surface area contributed by atoms with Crippen LogP contribution in [0.2, 0.25) is 0 Å². The Labute approximate surface area is 208 Å². The molecule has 4 aromatic carbocycles. The van der Waals surface area contributed by atoms with Crippen molar-refractivity contribution in [2.45, 2.75) is 31.9 Å². The predicted octanol–water partition coefficient (Wildman–Crippen LogP) is 7.27. The minimum absolute atomic E-state index is 0. The molecule has 2 atom stereocenters. The van der Waals surface area contributed by atoms with Crippen molar-refractivity contribution >= 4 is 23.2 Å². The van der Waals surface area contributed by atoms with Crippen LogP contribution < -0.4 is 9.47 Å². The van der Waals surface area contributed by atoms with E-state index in [2.05, 4.69) is 90.7 Å². The third kappa shape index (κ3) is 5.06. The Morgan fingerprint density at radius 3 is 1.94 bits per heavy atom. The Kier molecular flexibility index (Phi) is 7.77. The first kappa shape index (κ1) is 24.1. The molecule has 2 unspecified atom stereocenters. The molecule has 0 N–H and O–H groups in total. The van der Waals surface area contributed by atoms with Gasteiger partial charge in [0.2, 0.25) is 0 Å². The fourth-order valence-electron chi connectivity index (χ4n) is 4.97. The molecular formula is C30H32ClNO2. The van der Waals surface area contributed by atoms with Crippen LogP contribution in [0, 0.1) is 0 Å². The number of nitrogens with zero attached hydrogens (tertiary/aromatic N) is 1. The first-order valence-corrected chi connectivity index (χ1v) is 11.9. The molecule has 5 rings (SSSR count). The van der Waals surface area contributed by atoms with Crippen LogP contribution in [0.5, 0.6) is 11.5 Å². The lowest BCUT2D eigenvalue weighted by molar-refractivity contribution is 0.0592. The van der Waals surface area contributed by atoms with Crippen LogP contribution in [0.25, 0.3) is 10.8 Å². The van der Waals surface area contributed by atoms with E-state index in [1.54, 1.807) is 7.11 Å². The Hall–Kier alpha value is -3.01. The third-order valence-electron chi connectivity index (χ3n) is 6.76. The molecule has 0 aliphatic carbocycles. The molecule has 0 spiro atoms. The quantitative estimate of drug-likeness (QED) is 0.263. The van der Waals surface area contributed by atoms with Gasteiger partial charge in [0.1, 0.15) is 17.7 Å². The van der Waals surface area contributed by atoms with E-state index in [1.807, 2.05) is 12.1 Å². The summed E-state index contributed by atoms with van der Waals surface area (Å²) in [5.41, 5.74) is 3.79. The molecule has 1 heterocycles. The van der Waals surface area contributed by atoms with Crippen LogP contribution in [0.4, 0.5) is 0 Å². The second kappa shape index (κ2) is 10.9. The number of rotatable bonds is 7. The molecule has 4 heteroatoms. The van der Waals surface area contributed by atoms with E-state index in [0.29, 0.717) is 0 Å². The highest BCUT2D eigenvalue weighted by Gasteiger charge is 2.21. The summed E-state index contributed by atoms with van der Waals surface area (Å²) in [5.74, 6) is 1.91. The zero-order valence-corrected chi connectivity index (χ0v) is 20.6. The molecule has 176 valence electrons. The van der Waals surface area contributed by atoms with Gasteiger partial charge in [0.05, 0.1) is 7.11 Å². The van der Waals surface area contributed by atoms with Crippen LogP contribution in [0.3, 0.4) is 0 Å². The highest BCUT2D eigenvalue weighted by Crippen LogP contribution is 2.37. The van der Waals surface area contributed by atoms with Gasteiger partial charge in [-0.3, -0.25) is 4.90 Å². The van der Waals surface area contributed by atoms with Crippen LogP contribution >= 0.6 is 12.4 Å². The van der Waals surface area contributed by atoms with Crippen molar-refractivity contribution in [3.05, 3.63) is 108 Å². The van der Waals surface area contributed by atoms with Gasteiger partial charge in [0.25, 0.3) is 0 Å². The van der Waals surface area contributed by atoms with Crippen molar-refractivity contribution in [1.29, 1.82) is 0 Å². The van der Waals surface area contributed by atoms with Crippen molar-refractivity contribution < 1.29 is 9.47 Å². The zero-order chi connectivity index (χ0) is 22.6. The number of likely N-dealkylation sites (tertiary alicyclic amines) is 1. The fourth-order valence-corrected chi connectivity index (χ4v) is 4.97. The maximum atomic E-state index is 6.25. The van der Waals surface area contributed by atoms with E-state index in [0.717, 1.165) is 24.6 Å². The van der Waals surface area contributed by atoms with Crippen molar-refractivity contribution in [2.75, 3.05) is 20.2 Å². The maximum Gasteiger partial charge on any atom is 0.149 e. The minimum Gasteiger partial charge on any atom is -0.497 e. The van der Waals surface area contributed by atoms with Crippen LogP contribution in [-0.4, -0.2) is 31.3 Å². The summed E-state index contributed by atoms with van der Waals surface area (Å²) < 4.78 is 11.7. The number of methoxy groups -OCH3 is 1. The predicted molar refractivity (Wildman–Crippen MR) is 142 cm³/mol. The van der Waals surface area contributed by atoms with Gasteiger partial charge < -0.3 is 9.47 Å². The first-order valence-electron chi connectivity index (χ1n) is 11.9. The van der Waals surface area contributed by atoms with Gasteiger partial charge in [-0.2, -0.15) is 0 Å². The first-order chi connectivity index (χ1) is 16.2. The molecule has 0 bridgehead atoms. The van der Waals surface area contributed by atoms with Gasteiger partial charge in [-0.15, -0.1) is 12.4 Å². The summed E-state index contributed by atoms with van der Waals surface area (Å²) in [5, 5.41) is 2.54. The molecule has 0 saturated carbocycles. The van der Waals surface area contributed by atoms with E-state index in [-0.39, 0.29) is 24.6 Å². The lowest BCUT2D eigenvalue weighted by Crippen LogP contribution is -2.34. The molecule has 0 radical (unpaired) electrons. The molecule has 0 aromatic heterocycles. The van der Waals surface area contributed by atoms with Gasteiger partial charge in [0, 0.05) is 19.0 Å². The van der Waals surface area contributed by atoms with Crippen molar-refractivity contribution in [3.63, 3.8) is 0 Å². The lowest BCUT2D eigenvalue weighted by Gasteiger charge is -2.25. The smallest absolute Gasteiger partial charge is 0.149 e. The molecule has 1 fully saturated rings. The second-order valence-corrected chi connectivity index (χ2v) is 8.80. The minimum atomic E-state index is 0. The number of ether oxygens (including phenoxy) is 2. The SMILES string of the molecule is COc1ccc(C(c2ccc(OC(C)N3CCCC3)cc2)c2cccc3ccccc23)cc1.Cl. The van der Waals surface area contributed by atoms with E-state index < -0.39 is 0 Å². The third-order valence-corrected chi connectivity index (χ3v) is 6.76. The van der Waals surface area contributed by atoms with Gasteiger partial charge in [-0.1, -0.05) is 66.7 Å². The molecule has 0 amide bonds. The van der Waals surface area contributed by atoms with Crippen LogP contribution in [0.1, 0.15) is 42.4 Å². The monoisotopic (exact) mass is 473 g/mol. The van der Waals surface area contributed by atoms with Gasteiger partial charge >= 0.3 is 0 Å². The van der Waals surface area contributed by atoms with Gasteiger partial charge in [0.15, 0.2) is 0 Å². The van der Waals surface area contributed by atoms with Crippen LogP contribution in [0.15, 0.2) is 91.0 Å². The molecule has 1 aliphatic heterocycles. The number of halogens is 1. The molecule has 1 aliphatic rings. The summed E-state index contributed by atoms with van der Waals surface area (Å²) in [4.78, 5) is 2.41. The van der Waals surface area contributed by atoms with E-state index in [1.165, 1.54) is 40.3 Å². The Balaban J connectivity index is 0.00000274. The number of benzene rings is 4. The average molecular weight is 474 g/mol. The number of fused-ring (bicyclic) bond motifs is 1. The van der Waals surface area contributed by atoms with E-state index >= 15 is 0 Å². The molecule has 4 aromatic rings. The normalized spacial score (nSPS) is 15.5. The summed E-state index contributed by atoms with van der Waals surface area (Å²) >= 11 is 0. The second-order valence-electron chi connectivity index (χ2n) is 8.80. The fraction of sp³-hybridized carbons (Fsp3) is 0.267. The standard InChI is InChI=1S/C30H31NO2.ClH/c1-22(31-20-5-6-21-31)33-27-18-14-25(15-19-27)30(24-12-16-26(32-2)17-13-24)29-11-7-9-23-8-3-4-10-28(23)29;/h3-4,7-19,22,30H,5-6,20-21H2,1-2H3;1H. The summed E-state index contributed by atoms with van der Waals surface area (Å²) in [6.45, 7) is 4.40. The van der Waals surface area contributed by atoms with Crippen molar-refractivity contribution in [3.8, 4) is 11.5 Å². The summed E-state index contributed by atoms with van der Waals surface area (Å²) in [6.07, 6.45) is 2.64. The topological polar surface area (TPSA) is 21.7 Å². The molecular weight excluding hydrogens is 442 g/mol. The number of hydrogen-bond donors (Lipinski definition) is 0. The zero-order valence-electron chi connectivity index (χ0n) is 19.8. The van der Waals surface area contributed by atoms with E-state index in [4.69, 9.17) is 9.47 Å². The Bertz CT molecular complexity index is 1200. The highest BCUT2D eigenvalue weighted by molar-refractivity contribution is 5.87. The van der Waals surface area contributed by atoms with Crippen molar-refractivity contribution in [1.82, 2.24) is 4.90 Å². The van der Waals surface area contributed by atoms with Gasteiger partial charge in [-0.25, -0.2) is 0 Å². The Morgan fingerprint density at radius 2 is 1.29 bits per heavy atom. The molecule has 3 nitrogen and oxygen atoms in total. The maximum absolute atomic E-state index is 6.25. The average Bonchev–Trinajstić information content (AvgIpc) is 3.41. The molecule has 34 heavy (non-hydrogen) atoms.